The normalized spacial score (nSPS) is 12.1. The van der Waals surface area contributed by atoms with Gasteiger partial charge >= 0.3 is 6.18 Å². The van der Waals surface area contributed by atoms with Gasteiger partial charge in [-0.15, -0.1) is 10.2 Å². The molecule has 2 rings (SSSR count). The van der Waals surface area contributed by atoms with E-state index in [2.05, 4.69) is 20.9 Å². The summed E-state index contributed by atoms with van der Waals surface area (Å²) in [6, 6.07) is 3.02. The van der Waals surface area contributed by atoms with Crippen LogP contribution in [0.3, 0.4) is 0 Å². The first-order valence-electron chi connectivity index (χ1n) is 8.90. The van der Waals surface area contributed by atoms with E-state index in [0.717, 1.165) is 11.8 Å². The fourth-order valence-corrected chi connectivity index (χ4v) is 3.39. The number of carbonyl (C=O) groups excluding carboxylic acids is 1. The van der Waals surface area contributed by atoms with E-state index in [4.69, 9.17) is 5.73 Å². The Hall–Kier alpha value is -2.87. The van der Waals surface area contributed by atoms with Gasteiger partial charge in [0, 0.05) is 17.8 Å². The molecule has 1 amide bonds. The number of hydrogen-bond donors (Lipinski definition) is 3. The molecule has 0 bridgehead atoms. The first-order chi connectivity index (χ1) is 14.3. The van der Waals surface area contributed by atoms with Crippen molar-refractivity contribution in [2.24, 2.45) is 0 Å². The Bertz CT molecular complexity index is 987. The smallest absolute Gasteiger partial charge is 0.398 e. The van der Waals surface area contributed by atoms with Crippen molar-refractivity contribution in [2.45, 2.75) is 44.1 Å². The predicted octanol–water partition coefficient (Wildman–Crippen LogP) is 2.67. The minimum Gasteiger partial charge on any atom is -0.398 e. The van der Waals surface area contributed by atoms with E-state index in [1.165, 1.54) is 12.3 Å². The summed E-state index contributed by atoms with van der Waals surface area (Å²) < 4.78 is 39.6. The number of hydrogen-bond acceptors (Lipinski definition) is 8. The number of halogens is 3. The van der Waals surface area contributed by atoms with E-state index in [9.17, 15) is 28.1 Å². The SMILES string of the molecule is CSc1nnc(C(F)(F)F)n1NC(=O)CNCc1ccc(N)c(C(C)(C)C)c1[N+](=O)[O-]. The summed E-state index contributed by atoms with van der Waals surface area (Å²) in [7, 11) is 0. The lowest BCUT2D eigenvalue weighted by molar-refractivity contribution is -0.386. The lowest BCUT2D eigenvalue weighted by atomic mass is 9.83. The highest BCUT2D eigenvalue weighted by molar-refractivity contribution is 7.98. The Morgan fingerprint density at radius 2 is 1.94 bits per heavy atom. The molecule has 0 radical (unpaired) electrons. The van der Waals surface area contributed by atoms with Crippen molar-refractivity contribution >= 4 is 29.0 Å². The number of nitrogens with zero attached hydrogens (tertiary/aromatic N) is 4. The number of nitrogens with two attached hydrogens (primary N) is 1. The average Bonchev–Trinajstić information content (AvgIpc) is 3.04. The molecule has 1 aromatic heterocycles. The monoisotopic (exact) mass is 461 g/mol. The third-order valence-electron chi connectivity index (χ3n) is 4.13. The summed E-state index contributed by atoms with van der Waals surface area (Å²) in [4.78, 5) is 23.3. The minimum atomic E-state index is -4.81. The number of benzene rings is 1. The number of nitro benzene ring substituents is 1. The summed E-state index contributed by atoms with van der Waals surface area (Å²) in [6.07, 6.45) is -3.33. The Labute approximate surface area is 179 Å². The number of nitro groups is 1. The zero-order valence-electron chi connectivity index (χ0n) is 17.2. The summed E-state index contributed by atoms with van der Waals surface area (Å²) in [5, 5.41) is 20.7. The zero-order valence-corrected chi connectivity index (χ0v) is 18.0. The lowest BCUT2D eigenvalue weighted by Gasteiger charge is -2.22. The Morgan fingerprint density at radius 3 is 2.45 bits per heavy atom. The van der Waals surface area contributed by atoms with Crippen molar-refractivity contribution in [3.05, 3.63) is 39.2 Å². The third-order valence-corrected chi connectivity index (χ3v) is 4.76. The van der Waals surface area contributed by atoms with Crippen LogP contribution in [0.4, 0.5) is 24.5 Å². The molecule has 0 spiro atoms. The van der Waals surface area contributed by atoms with Gasteiger partial charge in [-0.2, -0.15) is 13.2 Å². The van der Waals surface area contributed by atoms with Gasteiger partial charge in [-0.1, -0.05) is 32.5 Å². The van der Waals surface area contributed by atoms with E-state index in [0.29, 0.717) is 15.8 Å². The third kappa shape index (κ3) is 5.64. The molecule has 0 aliphatic heterocycles. The molecule has 0 saturated heterocycles. The maximum Gasteiger partial charge on any atom is 0.453 e. The molecule has 0 unspecified atom stereocenters. The Morgan fingerprint density at radius 1 is 1.29 bits per heavy atom. The van der Waals surface area contributed by atoms with Gasteiger partial charge in [0.1, 0.15) is 0 Å². The van der Waals surface area contributed by atoms with Crippen LogP contribution in [0.25, 0.3) is 0 Å². The fraction of sp³-hybridized carbons (Fsp3) is 0.471. The summed E-state index contributed by atoms with van der Waals surface area (Å²) in [5.41, 5.74) is 8.20. The molecule has 0 atom stereocenters. The molecule has 170 valence electrons. The van der Waals surface area contributed by atoms with Crippen molar-refractivity contribution in [3.63, 3.8) is 0 Å². The van der Waals surface area contributed by atoms with Gasteiger partial charge < -0.3 is 11.1 Å². The Kier molecular flexibility index (Phi) is 7.16. The molecule has 1 heterocycles. The van der Waals surface area contributed by atoms with E-state index < -0.39 is 34.8 Å². The van der Waals surface area contributed by atoms with Crippen molar-refractivity contribution in [2.75, 3.05) is 24.0 Å². The summed E-state index contributed by atoms with van der Waals surface area (Å²) in [6.45, 7) is 4.89. The summed E-state index contributed by atoms with van der Waals surface area (Å²) in [5.74, 6) is -2.18. The van der Waals surface area contributed by atoms with E-state index in [1.807, 2.05) is 0 Å². The maximum atomic E-state index is 13.0. The number of alkyl halides is 3. The molecule has 1 aromatic carbocycles. The van der Waals surface area contributed by atoms with E-state index >= 15 is 0 Å². The topological polar surface area (TPSA) is 141 Å². The largest absolute Gasteiger partial charge is 0.453 e. The van der Waals surface area contributed by atoms with Gasteiger partial charge in [-0.25, -0.2) is 4.68 Å². The van der Waals surface area contributed by atoms with E-state index in [-0.39, 0.29) is 23.1 Å². The molecule has 14 heteroatoms. The fourth-order valence-electron chi connectivity index (χ4n) is 2.95. The predicted molar refractivity (Wildman–Crippen MR) is 109 cm³/mol. The summed E-state index contributed by atoms with van der Waals surface area (Å²) >= 11 is 0.873. The molecule has 0 fully saturated rings. The number of carbonyl (C=O) groups is 1. The van der Waals surface area contributed by atoms with Crippen LogP contribution in [0.2, 0.25) is 0 Å². The van der Waals surface area contributed by atoms with Crippen molar-refractivity contribution in [1.82, 2.24) is 20.2 Å². The first-order valence-corrected chi connectivity index (χ1v) is 10.1. The number of nitrogens with one attached hydrogen (secondary N) is 2. The van der Waals surface area contributed by atoms with Crippen molar-refractivity contribution < 1.29 is 22.9 Å². The number of aromatic nitrogens is 3. The Balaban J connectivity index is 2.16. The van der Waals surface area contributed by atoms with Gasteiger partial charge in [-0.3, -0.25) is 20.3 Å². The van der Waals surface area contributed by atoms with Crippen LogP contribution < -0.4 is 16.5 Å². The number of amides is 1. The number of thioether (sulfide) groups is 1. The van der Waals surface area contributed by atoms with Crippen LogP contribution in [-0.2, 0) is 22.9 Å². The molecule has 0 aliphatic carbocycles. The average molecular weight is 461 g/mol. The lowest BCUT2D eigenvalue weighted by Crippen LogP contribution is -2.35. The van der Waals surface area contributed by atoms with Gasteiger partial charge in [0.05, 0.1) is 17.0 Å². The van der Waals surface area contributed by atoms with Crippen molar-refractivity contribution in [3.8, 4) is 0 Å². The second-order valence-electron chi connectivity index (χ2n) is 7.53. The van der Waals surface area contributed by atoms with Gasteiger partial charge in [-0.05, 0) is 23.8 Å². The number of nitrogen functional groups attached to an aromatic ring is 1. The van der Waals surface area contributed by atoms with Crippen LogP contribution in [-0.4, -0.2) is 38.5 Å². The quantitative estimate of drug-likeness (QED) is 0.247. The highest BCUT2D eigenvalue weighted by Crippen LogP contribution is 2.38. The molecule has 0 saturated carbocycles. The molecule has 31 heavy (non-hydrogen) atoms. The first kappa shape index (κ1) is 24.4. The van der Waals surface area contributed by atoms with Crippen LogP contribution >= 0.6 is 11.8 Å². The van der Waals surface area contributed by atoms with Gasteiger partial charge in [0.15, 0.2) is 0 Å². The van der Waals surface area contributed by atoms with Gasteiger partial charge in [0.2, 0.25) is 5.16 Å². The maximum absolute atomic E-state index is 13.0. The molecule has 2 aromatic rings. The minimum absolute atomic E-state index is 0.0726. The van der Waals surface area contributed by atoms with Crippen LogP contribution in [0.5, 0.6) is 0 Å². The zero-order chi connectivity index (χ0) is 23.6. The molecule has 0 aliphatic rings. The number of anilines is 1. The van der Waals surface area contributed by atoms with E-state index in [1.54, 1.807) is 26.8 Å². The second kappa shape index (κ2) is 9.09. The van der Waals surface area contributed by atoms with Crippen LogP contribution in [0.1, 0.15) is 37.7 Å². The van der Waals surface area contributed by atoms with Crippen molar-refractivity contribution in [1.29, 1.82) is 0 Å². The highest BCUT2D eigenvalue weighted by atomic mass is 32.2. The molecular weight excluding hydrogens is 439 g/mol. The van der Waals surface area contributed by atoms with Gasteiger partial charge in [0.25, 0.3) is 17.4 Å². The molecule has 4 N–H and O–H groups in total. The highest BCUT2D eigenvalue weighted by Gasteiger charge is 2.39. The standard InChI is InChI=1S/C17H22F3N7O3S/c1-16(2,3)12-10(21)6-5-9(13(12)27(29)30)7-22-8-11(28)25-26-14(17(18,19)20)23-24-15(26)31-4/h5-6,22H,7-8,21H2,1-4H3,(H,25,28). The molecule has 10 nitrogen and oxygen atoms in total. The second-order valence-corrected chi connectivity index (χ2v) is 8.30. The molecular formula is C17H22F3N7O3S. The van der Waals surface area contributed by atoms with Crippen LogP contribution in [0.15, 0.2) is 17.3 Å². The number of rotatable bonds is 7. The van der Waals surface area contributed by atoms with Crippen LogP contribution in [0, 0.1) is 10.1 Å².